The Morgan fingerprint density at radius 3 is 2.68 bits per heavy atom. The molecule has 3 saturated carbocycles. The van der Waals surface area contributed by atoms with Gasteiger partial charge in [0, 0.05) is 16.7 Å². The number of hydrogen-bond donors (Lipinski definition) is 2. The summed E-state index contributed by atoms with van der Waals surface area (Å²) in [6.45, 7) is 5.38. The summed E-state index contributed by atoms with van der Waals surface area (Å²) >= 11 is 5.81. The summed E-state index contributed by atoms with van der Waals surface area (Å²) in [7, 11) is 0. The van der Waals surface area contributed by atoms with E-state index in [1.165, 1.54) is 12.2 Å². The molecule has 0 unspecified atom stereocenters. The van der Waals surface area contributed by atoms with Crippen LogP contribution in [0.3, 0.4) is 0 Å². The lowest BCUT2D eigenvalue weighted by atomic mass is 9.44. The maximum atomic E-state index is 16.9. The summed E-state index contributed by atoms with van der Waals surface area (Å²) in [6, 6.07) is 0. The highest BCUT2D eigenvalue weighted by Gasteiger charge is 2.75. The molecule has 0 radical (unpaired) electrons. The average molecular weight is 411 g/mol. The van der Waals surface area contributed by atoms with Crippen LogP contribution in [-0.2, 0) is 9.59 Å². The fourth-order valence-electron chi connectivity index (χ4n) is 7.24. The Labute approximate surface area is 169 Å². The van der Waals surface area contributed by atoms with Crippen molar-refractivity contribution in [1.29, 1.82) is 0 Å². The van der Waals surface area contributed by atoms with E-state index in [0.717, 1.165) is 5.57 Å². The zero-order chi connectivity index (χ0) is 20.7. The normalized spacial score (nSPS) is 52.5. The summed E-state index contributed by atoms with van der Waals surface area (Å²) in [6.07, 6.45) is 4.69. The van der Waals surface area contributed by atoms with Gasteiger partial charge < -0.3 is 10.2 Å². The lowest BCUT2D eigenvalue weighted by molar-refractivity contribution is -0.218. The molecule has 3 fully saturated rings. The quantitative estimate of drug-likeness (QED) is 0.686. The van der Waals surface area contributed by atoms with Crippen LogP contribution in [0.15, 0.2) is 23.8 Å². The fraction of sp³-hybridized carbons (Fsp3) is 0.727. The summed E-state index contributed by atoms with van der Waals surface area (Å²) in [5, 5.41) is 22.6. The molecule has 0 bridgehead atoms. The average Bonchev–Trinajstić information content (AvgIpc) is 2.84. The molecule has 0 heterocycles. The van der Waals surface area contributed by atoms with E-state index in [1.807, 2.05) is 13.8 Å². The van der Waals surface area contributed by atoms with Gasteiger partial charge in [-0.3, -0.25) is 9.59 Å². The fourth-order valence-corrected chi connectivity index (χ4v) is 7.45. The second-order valence-corrected chi connectivity index (χ2v) is 9.99. The molecule has 0 aromatic heterocycles. The van der Waals surface area contributed by atoms with E-state index in [2.05, 4.69) is 0 Å². The minimum atomic E-state index is -1.95. The third kappa shape index (κ3) is 2.08. The highest BCUT2D eigenvalue weighted by atomic mass is 35.5. The predicted molar refractivity (Wildman–Crippen MR) is 104 cm³/mol. The van der Waals surface area contributed by atoms with Crippen LogP contribution >= 0.6 is 11.6 Å². The molecule has 28 heavy (non-hydrogen) atoms. The molecule has 4 rings (SSSR count). The Kier molecular flexibility index (Phi) is 4.33. The van der Waals surface area contributed by atoms with Gasteiger partial charge in [0.1, 0.15) is 5.60 Å². The molecule has 0 spiro atoms. The van der Waals surface area contributed by atoms with E-state index in [1.54, 1.807) is 13.0 Å². The highest BCUT2D eigenvalue weighted by molar-refractivity contribution is 6.29. The van der Waals surface area contributed by atoms with E-state index in [0.29, 0.717) is 19.3 Å². The van der Waals surface area contributed by atoms with Crippen LogP contribution in [0.25, 0.3) is 0 Å². The van der Waals surface area contributed by atoms with Crippen molar-refractivity contribution in [2.45, 2.75) is 63.8 Å². The number of carbonyl (C=O) groups is 2. The number of fused-ring (bicyclic) bond motifs is 5. The van der Waals surface area contributed by atoms with E-state index in [4.69, 9.17) is 11.6 Å². The molecule has 4 aliphatic carbocycles. The largest absolute Gasteiger partial charge is 0.390 e. The van der Waals surface area contributed by atoms with Crippen molar-refractivity contribution in [1.82, 2.24) is 0 Å². The minimum Gasteiger partial charge on any atom is -0.390 e. The number of ketones is 2. The number of Topliss-reactive ketones (excluding diaryl/α,β-unsaturated/α-hetero) is 1. The molecule has 0 aliphatic heterocycles. The number of carbonyl (C=O) groups excluding carboxylic acids is 2. The second-order valence-electron chi connectivity index (χ2n) is 9.72. The Morgan fingerprint density at radius 2 is 2.04 bits per heavy atom. The molecular weight excluding hydrogens is 383 g/mol. The maximum absolute atomic E-state index is 16.9. The van der Waals surface area contributed by atoms with Crippen LogP contribution in [0.4, 0.5) is 4.39 Å². The number of hydrogen-bond acceptors (Lipinski definition) is 4. The lowest BCUT2D eigenvalue weighted by Crippen LogP contribution is -2.69. The van der Waals surface area contributed by atoms with Crippen LogP contribution in [0.5, 0.6) is 0 Å². The van der Waals surface area contributed by atoms with Crippen molar-refractivity contribution < 1.29 is 24.2 Å². The standard InChI is InChI=1S/C22H28ClFO4/c1-12-8-16-15-5-4-13-9-14(25)6-7-19(13,2)21(15,24)17(26)10-20(16,3)22(12,28)18(27)11-23/h6-7,9,12,15-17,26,28H,4-5,8,10-11H2,1-3H3/t12-,15+,16+,17-,19+,20+,21+,22+/m1/s1. The number of allylic oxidation sites excluding steroid dienone is 4. The van der Waals surface area contributed by atoms with Crippen molar-refractivity contribution in [2.24, 2.45) is 28.6 Å². The van der Waals surface area contributed by atoms with Gasteiger partial charge in [0.25, 0.3) is 0 Å². The molecule has 8 atom stereocenters. The first kappa shape index (κ1) is 20.2. The van der Waals surface area contributed by atoms with Crippen molar-refractivity contribution in [3.63, 3.8) is 0 Å². The zero-order valence-corrected chi connectivity index (χ0v) is 17.3. The molecule has 154 valence electrons. The molecule has 4 aliphatic rings. The van der Waals surface area contributed by atoms with Gasteiger partial charge in [0.15, 0.2) is 17.2 Å². The van der Waals surface area contributed by atoms with Gasteiger partial charge >= 0.3 is 0 Å². The number of aliphatic hydroxyl groups excluding tert-OH is 1. The van der Waals surface area contributed by atoms with Crippen molar-refractivity contribution in [2.75, 3.05) is 5.88 Å². The Hall–Kier alpha value is -1.04. The molecule has 2 N–H and O–H groups in total. The molecule has 0 amide bonds. The summed E-state index contributed by atoms with van der Waals surface area (Å²) < 4.78 is 16.9. The minimum absolute atomic E-state index is 0.0151. The first-order chi connectivity index (χ1) is 13.0. The predicted octanol–water partition coefficient (Wildman–Crippen LogP) is 3.14. The van der Waals surface area contributed by atoms with E-state index in [9.17, 15) is 19.8 Å². The number of aliphatic hydroxyl groups is 2. The third-order valence-electron chi connectivity index (χ3n) is 8.77. The van der Waals surface area contributed by atoms with Gasteiger partial charge in [-0.2, -0.15) is 0 Å². The van der Waals surface area contributed by atoms with E-state index >= 15 is 4.39 Å². The van der Waals surface area contributed by atoms with Gasteiger partial charge in [-0.15, -0.1) is 11.6 Å². The summed E-state index contributed by atoms with van der Waals surface area (Å²) in [5.41, 5.74) is -4.90. The van der Waals surface area contributed by atoms with Gasteiger partial charge in [-0.05, 0) is 56.6 Å². The Bertz CT molecular complexity index is 808. The first-order valence-electron chi connectivity index (χ1n) is 10.1. The van der Waals surface area contributed by atoms with Crippen molar-refractivity contribution >= 4 is 23.2 Å². The summed E-state index contributed by atoms with van der Waals surface area (Å²) in [4.78, 5) is 24.5. The van der Waals surface area contributed by atoms with Crippen molar-refractivity contribution in [3.05, 3.63) is 23.8 Å². The van der Waals surface area contributed by atoms with Crippen LogP contribution < -0.4 is 0 Å². The SMILES string of the molecule is C[C@@H]1C[C@H]2[C@@H]3CCC4=CC(=O)C=C[C@]4(C)[C@@]3(F)[C@H](O)C[C@]2(C)[C@@]1(O)C(=O)CCl. The zero-order valence-electron chi connectivity index (χ0n) is 16.5. The summed E-state index contributed by atoms with van der Waals surface area (Å²) in [5.74, 6) is -2.03. The topological polar surface area (TPSA) is 74.6 Å². The van der Waals surface area contributed by atoms with E-state index in [-0.39, 0.29) is 29.9 Å². The molecule has 0 aromatic carbocycles. The lowest BCUT2D eigenvalue weighted by Gasteiger charge is -2.62. The van der Waals surface area contributed by atoms with Gasteiger partial charge in [-0.25, -0.2) is 4.39 Å². The Balaban J connectivity index is 1.84. The molecular formula is C22H28ClFO4. The van der Waals surface area contributed by atoms with Gasteiger partial charge in [0.05, 0.1) is 12.0 Å². The second kappa shape index (κ2) is 5.99. The van der Waals surface area contributed by atoms with Crippen LogP contribution in [-0.4, -0.2) is 45.0 Å². The van der Waals surface area contributed by atoms with Gasteiger partial charge in [-0.1, -0.05) is 25.5 Å². The smallest absolute Gasteiger partial charge is 0.179 e. The monoisotopic (exact) mass is 410 g/mol. The number of rotatable bonds is 2. The third-order valence-corrected chi connectivity index (χ3v) is 9.01. The van der Waals surface area contributed by atoms with Gasteiger partial charge in [0.2, 0.25) is 0 Å². The number of alkyl halides is 2. The maximum Gasteiger partial charge on any atom is 0.179 e. The molecule has 0 aromatic rings. The van der Waals surface area contributed by atoms with Crippen LogP contribution in [0.2, 0.25) is 0 Å². The van der Waals surface area contributed by atoms with E-state index < -0.39 is 39.9 Å². The number of halogens is 2. The Morgan fingerprint density at radius 1 is 1.36 bits per heavy atom. The molecule has 0 saturated heterocycles. The highest BCUT2D eigenvalue weighted by Crippen LogP contribution is 2.70. The van der Waals surface area contributed by atoms with Crippen LogP contribution in [0.1, 0.15) is 46.5 Å². The van der Waals surface area contributed by atoms with Crippen LogP contribution in [0, 0.1) is 28.6 Å². The first-order valence-corrected chi connectivity index (χ1v) is 10.6. The van der Waals surface area contributed by atoms with Crippen molar-refractivity contribution in [3.8, 4) is 0 Å². The molecule has 6 heteroatoms. The molecule has 4 nitrogen and oxygen atoms in total.